The van der Waals surface area contributed by atoms with E-state index in [0.29, 0.717) is 5.01 Å². The molecule has 0 radical (unpaired) electrons. The van der Waals surface area contributed by atoms with Gasteiger partial charge in [-0.3, -0.25) is 4.79 Å². The summed E-state index contributed by atoms with van der Waals surface area (Å²) >= 11 is 1.34. The van der Waals surface area contributed by atoms with Gasteiger partial charge < -0.3 is 5.73 Å². The molecule has 3 aromatic rings. The van der Waals surface area contributed by atoms with E-state index in [0.717, 1.165) is 16.9 Å². The average Bonchev–Trinajstić information content (AvgIpc) is 3.11. The SMILES string of the molecule is NC(=O)c1ncc(-c2ccc3c(c2)Cc2ccccc2-3)s1. The third kappa shape index (κ3) is 1.96. The maximum Gasteiger partial charge on any atom is 0.277 e. The Labute approximate surface area is 126 Å². The molecule has 0 spiro atoms. The second-order valence-electron chi connectivity index (χ2n) is 5.10. The normalized spacial score (nSPS) is 12.0. The number of fused-ring (bicyclic) bond motifs is 3. The summed E-state index contributed by atoms with van der Waals surface area (Å²) in [5, 5.41) is 0.355. The van der Waals surface area contributed by atoms with Crippen molar-refractivity contribution in [3.05, 3.63) is 64.8 Å². The Morgan fingerprint density at radius 1 is 1.10 bits per heavy atom. The molecular weight excluding hydrogens is 280 g/mol. The van der Waals surface area contributed by atoms with Crippen LogP contribution >= 0.6 is 11.3 Å². The minimum absolute atomic E-state index is 0.355. The Morgan fingerprint density at radius 3 is 2.71 bits per heavy atom. The molecule has 0 saturated heterocycles. The zero-order valence-corrected chi connectivity index (χ0v) is 12.0. The molecule has 1 aliphatic rings. The van der Waals surface area contributed by atoms with Crippen molar-refractivity contribution in [2.75, 3.05) is 0 Å². The molecule has 1 heterocycles. The number of carbonyl (C=O) groups excluding carboxylic acids is 1. The molecule has 1 amide bonds. The Kier molecular flexibility index (Phi) is 2.65. The van der Waals surface area contributed by atoms with E-state index in [-0.39, 0.29) is 0 Å². The molecule has 0 saturated carbocycles. The second-order valence-corrected chi connectivity index (χ2v) is 6.13. The Hall–Kier alpha value is -2.46. The number of hydrogen-bond donors (Lipinski definition) is 1. The first-order valence-electron chi connectivity index (χ1n) is 6.69. The molecule has 0 fully saturated rings. The smallest absolute Gasteiger partial charge is 0.277 e. The van der Waals surface area contributed by atoms with Gasteiger partial charge in [0.05, 0.1) is 4.88 Å². The number of amides is 1. The lowest BCUT2D eigenvalue weighted by Crippen LogP contribution is -2.09. The fraction of sp³-hybridized carbons (Fsp3) is 0.0588. The second kappa shape index (κ2) is 4.53. The van der Waals surface area contributed by atoms with E-state index in [1.54, 1.807) is 6.20 Å². The van der Waals surface area contributed by atoms with Crippen molar-refractivity contribution in [1.29, 1.82) is 0 Å². The van der Waals surface area contributed by atoms with Gasteiger partial charge in [0.25, 0.3) is 5.91 Å². The van der Waals surface area contributed by atoms with E-state index < -0.39 is 5.91 Å². The molecule has 102 valence electrons. The summed E-state index contributed by atoms with van der Waals surface area (Å²) in [6, 6.07) is 14.9. The molecular formula is C17H12N2OS. The van der Waals surface area contributed by atoms with Crippen molar-refractivity contribution in [3.8, 4) is 21.6 Å². The highest BCUT2D eigenvalue weighted by molar-refractivity contribution is 7.16. The highest BCUT2D eigenvalue weighted by atomic mass is 32.1. The topological polar surface area (TPSA) is 56.0 Å². The molecule has 0 aliphatic heterocycles. The molecule has 1 aromatic heterocycles. The van der Waals surface area contributed by atoms with Gasteiger partial charge in [0.1, 0.15) is 0 Å². The summed E-state index contributed by atoms with van der Waals surface area (Å²) in [7, 11) is 0. The molecule has 21 heavy (non-hydrogen) atoms. The standard InChI is InChI=1S/C17H12N2OS/c18-16(20)17-19-9-15(21-17)11-5-6-14-12(8-11)7-10-3-1-2-4-13(10)14/h1-6,8-9H,7H2,(H2,18,20). The molecule has 1 aliphatic carbocycles. The van der Waals surface area contributed by atoms with Gasteiger partial charge in [-0.15, -0.1) is 11.3 Å². The molecule has 0 atom stereocenters. The van der Waals surface area contributed by atoms with Crippen LogP contribution in [0.25, 0.3) is 21.6 Å². The number of aromatic nitrogens is 1. The van der Waals surface area contributed by atoms with Crippen LogP contribution in [0.2, 0.25) is 0 Å². The number of hydrogen-bond acceptors (Lipinski definition) is 3. The molecule has 0 bridgehead atoms. The lowest BCUT2D eigenvalue weighted by atomic mass is 10.0. The molecule has 4 rings (SSSR count). The first-order chi connectivity index (χ1) is 10.2. The number of rotatable bonds is 2. The minimum atomic E-state index is -0.472. The van der Waals surface area contributed by atoms with Crippen LogP contribution in [0.5, 0.6) is 0 Å². The van der Waals surface area contributed by atoms with Gasteiger partial charge >= 0.3 is 0 Å². The van der Waals surface area contributed by atoms with Gasteiger partial charge in [0.2, 0.25) is 0 Å². The van der Waals surface area contributed by atoms with E-state index in [1.807, 2.05) is 0 Å². The Morgan fingerprint density at radius 2 is 1.90 bits per heavy atom. The predicted octanol–water partition coefficient (Wildman–Crippen LogP) is 3.48. The first kappa shape index (κ1) is 12.3. The highest BCUT2D eigenvalue weighted by Gasteiger charge is 2.18. The van der Waals surface area contributed by atoms with E-state index >= 15 is 0 Å². The highest BCUT2D eigenvalue weighted by Crippen LogP contribution is 2.39. The van der Waals surface area contributed by atoms with Crippen LogP contribution in [0, 0.1) is 0 Å². The number of nitrogens with zero attached hydrogens (tertiary/aromatic N) is 1. The number of benzene rings is 2. The molecule has 3 nitrogen and oxygen atoms in total. The van der Waals surface area contributed by atoms with Crippen LogP contribution in [0.15, 0.2) is 48.7 Å². The third-order valence-corrected chi connectivity index (χ3v) is 4.86. The van der Waals surface area contributed by atoms with Crippen molar-refractivity contribution in [1.82, 2.24) is 4.98 Å². The Bertz CT molecular complexity index is 867. The van der Waals surface area contributed by atoms with Crippen LogP contribution in [0.3, 0.4) is 0 Å². The number of nitrogens with two attached hydrogens (primary N) is 1. The summed E-state index contributed by atoms with van der Waals surface area (Å²) in [5.41, 5.74) is 11.7. The quantitative estimate of drug-likeness (QED) is 0.615. The van der Waals surface area contributed by atoms with E-state index in [9.17, 15) is 4.79 Å². The van der Waals surface area contributed by atoms with Crippen molar-refractivity contribution >= 4 is 17.2 Å². The maximum atomic E-state index is 11.2. The zero-order chi connectivity index (χ0) is 14.4. The number of primary amides is 1. The lowest BCUT2D eigenvalue weighted by molar-refractivity contribution is 0.1000. The van der Waals surface area contributed by atoms with Gasteiger partial charge in [-0.1, -0.05) is 36.4 Å². The lowest BCUT2D eigenvalue weighted by Gasteiger charge is -2.03. The molecule has 2 aromatic carbocycles. The molecule has 0 unspecified atom stereocenters. The first-order valence-corrected chi connectivity index (χ1v) is 7.51. The van der Waals surface area contributed by atoms with Crippen LogP contribution < -0.4 is 5.73 Å². The van der Waals surface area contributed by atoms with Gasteiger partial charge in [0, 0.05) is 6.20 Å². The third-order valence-electron chi connectivity index (χ3n) is 3.79. The largest absolute Gasteiger partial charge is 0.364 e. The maximum absolute atomic E-state index is 11.2. The van der Waals surface area contributed by atoms with Crippen LogP contribution in [-0.2, 0) is 6.42 Å². The van der Waals surface area contributed by atoms with E-state index in [2.05, 4.69) is 47.4 Å². The summed E-state index contributed by atoms with van der Waals surface area (Å²) in [4.78, 5) is 16.2. The zero-order valence-electron chi connectivity index (χ0n) is 11.2. The van der Waals surface area contributed by atoms with Crippen LogP contribution in [-0.4, -0.2) is 10.9 Å². The number of thiazole rings is 1. The fourth-order valence-electron chi connectivity index (χ4n) is 2.82. The average molecular weight is 292 g/mol. The summed E-state index contributed by atoms with van der Waals surface area (Å²) in [5.74, 6) is -0.472. The van der Waals surface area contributed by atoms with Gasteiger partial charge in [-0.05, 0) is 40.3 Å². The monoisotopic (exact) mass is 292 g/mol. The van der Waals surface area contributed by atoms with Gasteiger partial charge in [-0.2, -0.15) is 0 Å². The van der Waals surface area contributed by atoms with Crippen LogP contribution in [0.1, 0.15) is 20.9 Å². The number of carbonyl (C=O) groups is 1. The van der Waals surface area contributed by atoms with Crippen molar-refractivity contribution in [2.24, 2.45) is 5.73 Å². The summed E-state index contributed by atoms with van der Waals surface area (Å²) in [6.45, 7) is 0. The van der Waals surface area contributed by atoms with E-state index in [4.69, 9.17) is 5.73 Å². The van der Waals surface area contributed by atoms with Crippen LogP contribution in [0.4, 0.5) is 0 Å². The molecule has 4 heteroatoms. The van der Waals surface area contributed by atoms with E-state index in [1.165, 1.54) is 33.6 Å². The molecule has 2 N–H and O–H groups in total. The van der Waals surface area contributed by atoms with Crippen molar-refractivity contribution < 1.29 is 4.79 Å². The summed E-state index contributed by atoms with van der Waals surface area (Å²) < 4.78 is 0. The predicted molar refractivity (Wildman–Crippen MR) is 84.3 cm³/mol. The van der Waals surface area contributed by atoms with Crippen molar-refractivity contribution in [2.45, 2.75) is 6.42 Å². The Balaban J connectivity index is 1.77. The van der Waals surface area contributed by atoms with Crippen molar-refractivity contribution in [3.63, 3.8) is 0 Å². The van der Waals surface area contributed by atoms with Gasteiger partial charge in [0.15, 0.2) is 5.01 Å². The summed E-state index contributed by atoms with van der Waals surface area (Å²) in [6.07, 6.45) is 2.68. The minimum Gasteiger partial charge on any atom is -0.364 e. The fourth-order valence-corrected chi connectivity index (χ4v) is 3.58. The van der Waals surface area contributed by atoms with Gasteiger partial charge in [-0.25, -0.2) is 4.98 Å².